The SMILES string of the molecule is COc1cc(Br)cc(NCC(O)COCCOC(C)C)c1. The van der Waals surface area contributed by atoms with Crippen LogP contribution in [0.1, 0.15) is 13.8 Å². The van der Waals surface area contributed by atoms with Gasteiger partial charge < -0.3 is 24.6 Å². The minimum Gasteiger partial charge on any atom is -0.497 e. The van der Waals surface area contributed by atoms with Crippen LogP contribution >= 0.6 is 15.9 Å². The highest BCUT2D eigenvalue weighted by molar-refractivity contribution is 9.10. The van der Waals surface area contributed by atoms with E-state index in [1.807, 2.05) is 32.0 Å². The number of benzene rings is 1. The van der Waals surface area contributed by atoms with Crippen LogP contribution in [0.25, 0.3) is 0 Å². The van der Waals surface area contributed by atoms with Crippen molar-refractivity contribution in [2.24, 2.45) is 0 Å². The van der Waals surface area contributed by atoms with E-state index < -0.39 is 6.10 Å². The number of ether oxygens (including phenoxy) is 3. The number of aliphatic hydroxyl groups is 1. The Balaban J connectivity index is 2.23. The van der Waals surface area contributed by atoms with Crippen molar-refractivity contribution in [1.82, 2.24) is 0 Å². The quantitative estimate of drug-likeness (QED) is 0.627. The van der Waals surface area contributed by atoms with E-state index in [1.165, 1.54) is 0 Å². The van der Waals surface area contributed by atoms with Crippen molar-refractivity contribution in [2.45, 2.75) is 26.1 Å². The first kappa shape index (κ1) is 18.2. The molecule has 2 N–H and O–H groups in total. The van der Waals surface area contributed by atoms with E-state index in [1.54, 1.807) is 7.11 Å². The maximum absolute atomic E-state index is 9.84. The second-order valence-electron chi connectivity index (χ2n) is 4.91. The summed E-state index contributed by atoms with van der Waals surface area (Å²) >= 11 is 3.41. The van der Waals surface area contributed by atoms with Gasteiger partial charge >= 0.3 is 0 Å². The van der Waals surface area contributed by atoms with E-state index in [2.05, 4.69) is 21.2 Å². The van der Waals surface area contributed by atoms with Gasteiger partial charge in [-0.2, -0.15) is 0 Å². The molecule has 1 rings (SSSR count). The average molecular weight is 362 g/mol. The molecule has 0 aliphatic rings. The summed E-state index contributed by atoms with van der Waals surface area (Å²) in [5, 5.41) is 13.0. The number of hydrogen-bond donors (Lipinski definition) is 2. The zero-order valence-electron chi connectivity index (χ0n) is 12.8. The Bertz CT molecular complexity index is 415. The molecule has 0 fully saturated rings. The van der Waals surface area contributed by atoms with Gasteiger partial charge in [-0.25, -0.2) is 0 Å². The molecule has 0 aromatic heterocycles. The molecular weight excluding hydrogens is 338 g/mol. The zero-order chi connectivity index (χ0) is 15.7. The van der Waals surface area contributed by atoms with E-state index >= 15 is 0 Å². The third kappa shape index (κ3) is 8.26. The number of halogens is 1. The van der Waals surface area contributed by atoms with Crippen LogP contribution in [-0.4, -0.2) is 50.8 Å². The van der Waals surface area contributed by atoms with Crippen LogP contribution in [0, 0.1) is 0 Å². The maximum Gasteiger partial charge on any atom is 0.122 e. The highest BCUT2D eigenvalue weighted by Gasteiger charge is 2.06. The van der Waals surface area contributed by atoms with Crippen LogP contribution in [0.3, 0.4) is 0 Å². The maximum atomic E-state index is 9.84. The van der Waals surface area contributed by atoms with Crippen LogP contribution < -0.4 is 10.1 Å². The van der Waals surface area contributed by atoms with Gasteiger partial charge in [0.2, 0.25) is 0 Å². The summed E-state index contributed by atoms with van der Waals surface area (Å²) in [6.45, 7) is 5.67. The fraction of sp³-hybridized carbons (Fsp3) is 0.600. The largest absolute Gasteiger partial charge is 0.497 e. The van der Waals surface area contributed by atoms with Crippen molar-refractivity contribution in [1.29, 1.82) is 0 Å². The number of methoxy groups -OCH3 is 1. The second kappa shape index (κ2) is 10.00. The van der Waals surface area contributed by atoms with Gasteiger partial charge in [0.15, 0.2) is 0 Å². The molecule has 1 unspecified atom stereocenters. The van der Waals surface area contributed by atoms with Crippen LogP contribution in [0.5, 0.6) is 5.75 Å². The lowest BCUT2D eigenvalue weighted by molar-refractivity contribution is -0.00734. The second-order valence-corrected chi connectivity index (χ2v) is 5.82. The Morgan fingerprint density at radius 1 is 1.24 bits per heavy atom. The zero-order valence-corrected chi connectivity index (χ0v) is 14.4. The Hall–Kier alpha value is -0.820. The Morgan fingerprint density at radius 3 is 2.67 bits per heavy atom. The van der Waals surface area contributed by atoms with Crippen molar-refractivity contribution in [2.75, 3.05) is 38.8 Å². The molecule has 0 aliphatic carbocycles. The molecule has 5 nitrogen and oxygen atoms in total. The molecule has 0 spiro atoms. The highest BCUT2D eigenvalue weighted by atomic mass is 79.9. The molecule has 1 aromatic carbocycles. The first-order valence-corrected chi connectivity index (χ1v) is 7.76. The van der Waals surface area contributed by atoms with E-state index in [0.717, 1.165) is 15.9 Å². The number of hydrogen-bond acceptors (Lipinski definition) is 5. The summed E-state index contributed by atoms with van der Waals surface area (Å²) in [7, 11) is 1.62. The van der Waals surface area contributed by atoms with Gasteiger partial charge in [-0.1, -0.05) is 15.9 Å². The molecule has 0 radical (unpaired) electrons. The fourth-order valence-electron chi connectivity index (χ4n) is 1.64. The smallest absolute Gasteiger partial charge is 0.122 e. The van der Waals surface area contributed by atoms with Gasteiger partial charge in [-0.3, -0.25) is 0 Å². The van der Waals surface area contributed by atoms with E-state index in [0.29, 0.717) is 19.8 Å². The van der Waals surface area contributed by atoms with E-state index in [9.17, 15) is 5.11 Å². The molecule has 1 atom stereocenters. The van der Waals surface area contributed by atoms with Crippen molar-refractivity contribution in [3.05, 3.63) is 22.7 Å². The molecule has 0 bridgehead atoms. The van der Waals surface area contributed by atoms with Crippen LogP contribution in [0.4, 0.5) is 5.69 Å². The summed E-state index contributed by atoms with van der Waals surface area (Å²) < 4.78 is 16.8. The topological polar surface area (TPSA) is 60.0 Å². The van der Waals surface area contributed by atoms with Crippen molar-refractivity contribution in [3.63, 3.8) is 0 Å². The summed E-state index contributed by atoms with van der Waals surface area (Å²) in [5.74, 6) is 0.753. The Morgan fingerprint density at radius 2 is 2.00 bits per heavy atom. The summed E-state index contributed by atoms with van der Waals surface area (Å²) in [6, 6.07) is 5.67. The summed E-state index contributed by atoms with van der Waals surface area (Å²) in [6.07, 6.45) is -0.374. The van der Waals surface area contributed by atoms with Crippen molar-refractivity contribution in [3.8, 4) is 5.75 Å². The summed E-state index contributed by atoms with van der Waals surface area (Å²) in [5.41, 5.74) is 0.878. The van der Waals surface area contributed by atoms with Gasteiger partial charge in [0.05, 0.1) is 39.1 Å². The summed E-state index contributed by atoms with van der Waals surface area (Å²) in [4.78, 5) is 0. The van der Waals surface area contributed by atoms with Crippen molar-refractivity contribution >= 4 is 21.6 Å². The molecule has 21 heavy (non-hydrogen) atoms. The molecule has 0 heterocycles. The first-order valence-electron chi connectivity index (χ1n) is 6.97. The molecule has 120 valence electrons. The highest BCUT2D eigenvalue weighted by Crippen LogP contribution is 2.24. The lowest BCUT2D eigenvalue weighted by Gasteiger charge is -2.14. The fourth-order valence-corrected chi connectivity index (χ4v) is 2.11. The Labute approximate surface area is 134 Å². The lowest BCUT2D eigenvalue weighted by atomic mass is 10.3. The third-order valence-corrected chi connectivity index (χ3v) is 3.10. The van der Waals surface area contributed by atoms with E-state index in [-0.39, 0.29) is 12.7 Å². The monoisotopic (exact) mass is 361 g/mol. The van der Waals surface area contributed by atoms with Gasteiger partial charge in [0.1, 0.15) is 5.75 Å². The number of aliphatic hydroxyl groups excluding tert-OH is 1. The third-order valence-electron chi connectivity index (χ3n) is 2.64. The van der Waals surface area contributed by atoms with Crippen molar-refractivity contribution < 1.29 is 19.3 Å². The minimum absolute atomic E-state index is 0.201. The molecular formula is C15H24BrNO4. The standard InChI is InChI=1S/C15H24BrNO4/c1-11(2)21-5-4-20-10-14(18)9-17-13-6-12(16)7-15(8-13)19-3/h6-8,11,14,17-18H,4-5,9-10H2,1-3H3. The number of anilines is 1. The predicted octanol–water partition coefficient (Wildman–Crippen LogP) is 2.67. The molecule has 0 aliphatic heterocycles. The lowest BCUT2D eigenvalue weighted by Crippen LogP contribution is -2.25. The normalized spacial score (nSPS) is 12.5. The van der Waals surface area contributed by atoms with Crippen LogP contribution in [0.2, 0.25) is 0 Å². The van der Waals surface area contributed by atoms with Crippen LogP contribution in [0.15, 0.2) is 22.7 Å². The van der Waals surface area contributed by atoms with Gasteiger partial charge in [-0.15, -0.1) is 0 Å². The Kier molecular flexibility index (Phi) is 8.68. The number of nitrogens with one attached hydrogen (secondary N) is 1. The molecule has 0 saturated carbocycles. The predicted molar refractivity (Wildman–Crippen MR) is 87.1 cm³/mol. The molecule has 0 saturated heterocycles. The molecule has 6 heteroatoms. The minimum atomic E-state index is -0.575. The number of rotatable bonds is 10. The van der Waals surface area contributed by atoms with Gasteiger partial charge in [-0.05, 0) is 26.0 Å². The van der Waals surface area contributed by atoms with Crippen LogP contribution in [-0.2, 0) is 9.47 Å². The molecule has 1 aromatic rings. The molecule has 0 amide bonds. The van der Waals surface area contributed by atoms with Gasteiger partial charge in [0, 0.05) is 22.8 Å². The average Bonchev–Trinajstić information content (AvgIpc) is 2.43. The first-order chi connectivity index (χ1) is 10.0. The van der Waals surface area contributed by atoms with E-state index in [4.69, 9.17) is 14.2 Å². The van der Waals surface area contributed by atoms with Gasteiger partial charge in [0.25, 0.3) is 0 Å².